The maximum absolute atomic E-state index is 14.0. The Labute approximate surface area is 113 Å². The summed E-state index contributed by atoms with van der Waals surface area (Å²) in [5, 5.41) is 0. The lowest BCUT2D eigenvalue weighted by molar-refractivity contribution is 0.0638. The van der Waals surface area contributed by atoms with Crippen molar-refractivity contribution in [3.63, 3.8) is 0 Å². The summed E-state index contributed by atoms with van der Waals surface area (Å²) in [6, 6.07) is 2.97. The molecule has 104 valence electrons. The number of rotatable bonds is 2. The molecule has 1 aliphatic rings. The zero-order chi connectivity index (χ0) is 14.0. The molecular weight excluding hydrogens is 245 g/mol. The third-order valence-corrected chi connectivity index (χ3v) is 3.61. The van der Waals surface area contributed by atoms with Crippen molar-refractivity contribution >= 4 is 11.6 Å². The smallest absolute Gasteiger partial charge is 0.257 e. The lowest BCUT2D eigenvalue weighted by Crippen LogP contribution is -2.48. The monoisotopic (exact) mass is 265 g/mol. The van der Waals surface area contributed by atoms with Gasteiger partial charge in [0.2, 0.25) is 0 Å². The number of carbonyl (C=O) groups is 1. The largest absolute Gasteiger partial charge is 0.399 e. The number of hydrogen-bond donors (Lipinski definition) is 1. The predicted molar refractivity (Wildman–Crippen MR) is 73.6 cm³/mol. The van der Waals surface area contributed by atoms with E-state index in [0.717, 1.165) is 19.6 Å². The fraction of sp³-hybridized carbons (Fsp3) is 0.500. The van der Waals surface area contributed by atoms with E-state index < -0.39 is 5.82 Å². The first-order chi connectivity index (χ1) is 9.02. The maximum atomic E-state index is 14.0. The Hall–Kier alpha value is -1.62. The summed E-state index contributed by atoms with van der Waals surface area (Å²) < 4.78 is 14.0. The van der Waals surface area contributed by atoms with Gasteiger partial charge in [-0.05, 0) is 31.2 Å². The molecule has 0 unspecified atom stereocenters. The number of anilines is 1. The third kappa shape index (κ3) is 2.87. The van der Waals surface area contributed by atoms with Crippen LogP contribution in [-0.2, 0) is 0 Å². The molecule has 5 heteroatoms. The van der Waals surface area contributed by atoms with Gasteiger partial charge in [0.25, 0.3) is 5.91 Å². The molecule has 1 amide bonds. The van der Waals surface area contributed by atoms with E-state index in [1.807, 2.05) is 0 Å². The predicted octanol–water partition coefficient (Wildman–Crippen LogP) is 1.49. The minimum absolute atomic E-state index is 0.0856. The zero-order valence-corrected chi connectivity index (χ0v) is 11.4. The van der Waals surface area contributed by atoms with Crippen LogP contribution in [0.2, 0.25) is 0 Å². The molecule has 2 N–H and O–H groups in total. The molecule has 0 aliphatic carbocycles. The normalized spacial score (nSPS) is 16.7. The van der Waals surface area contributed by atoms with E-state index in [9.17, 15) is 9.18 Å². The van der Waals surface area contributed by atoms with Crippen LogP contribution in [0.1, 0.15) is 22.8 Å². The van der Waals surface area contributed by atoms with Crippen LogP contribution in [0.4, 0.5) is 10.1 Å². The number of hydrogen-bond acceptors (Lipinski definition) is 3. The molecule has 0 radical (unpaired) electrons. The van der Waals surface area contributed by atoms with E-state index in [4.69, 9.17) is 5.73 Å². The molecule has 19 heavy (non-hydrogen) atoms. The van der Waals surface area contributed by atoms with Crippen LogP contribution in [0, 0.1) is 12.7 Å². The maximum Gasteiger partial charge on any atom is 0.257 e. The molecule has 0 aromatic heterocycles. The van der Waals surface area contributed by atoms with Crippen molar-refractivity contribution in [3.05, 3.63) is 29.1 Å². The highest BCUT2D eigenvalue weighted by Crippen LogP contribution is 2.19. The van der Waals surface area contributed by atoms with Gasteiger partial charge in [-0.2, -0.15) is 0 Å². The average molecular weight is 265 g/mol. The molecule has 1 aromatic rings. The van der Waals surface area contributed by atoms with Gasteiger partial charge in [-0.15, -0.1) is 0 Å². The second kappa shape index (κ2) is 5.57. The SMILES string of the molecule is CCN1CCN(C(=O)c2cc(N)cc(C)c2F)CC1. The molecular formula is C14H20FN3O. The van der Waals surface area contributed by atoms with Gasteiger partial charge < -0.3 is 15.5 Å². The van der Waals surface area contributed by atoms with Gasteiger partial charge in [-0.25, -0.2) is 4.39 Å². The summed E-state index contributed by atoms with van der Waals surface area (Å²) in [5.41, 5.74) is 6.62. The molecule has 0 saturated carbocycles. The minimum atomic E-state index is -0.461. The van der Waals surface area contributed by atoms with Crippen molar-refractivity contribution in [2.24, 2.45) is 0 Å². The molecule has 0 bridgehead atoms. The fourth-order valence-corrected chi connectivity index (χ4v) is 2.39. The Kier molecular flexibility index (Phi) is 4.04. The highest BCUT2D eigenvalue weighted by atomic mass is 19.1. The zero-order valence-electron chi connectivity index (χ0n) is 11.4. The van der Waals surface area contributed by atoms with Gasteiger partial charge in [-0.3, -0.25) is 4.79 Å². The van der Waals surface area contributed by atoms with Gasteiger partial charge in [0.15, 0.2) is 0 Å². The van der Waals surface area contributed by atoms with Crippen molar-refractivity contribution in [2.75, 3.05) is 38.5 Å². The van der Waals surface area contributed by atoms with E-state index in [1.54, 1.807) is 17.9 Å². The lowest BCUT2D eigenvalue weighted by atomic mass is 10.1. The van der Waals surface area contributed by atoms with E-state index in [0.29, 0.717) is 24.3 Å². The first-order valence-electron chi connectivity index (χ1n) is 6.60. The number of nitrogens with two attached hydrogens (primary N) is 1. The Morgan fingerprint density at radius 1 is 1.32 bits per heavy atom. The highest BCUT2D eigenvalue weighted by Gasteiger charge is 2.24. The van der Waals surface area contributed by atoms with Crippen molar-refractivity contribution in [3.8, 4) is 0 Å². The van der Waals surface area contributed by atoms with Gasteiger partial charge in [0.05, 0.1) is 5.56 Å². The molecule has 1 fully saturated rings. The van der Waals surface area contributed by atoms with Gasteiger partial charge in [0, 0.05) is 31.9 Å². The molecule has 1 saturated heterocycles. The first-order valence-corrected chi connectivity index (χ1v) is 6.60. The van der Waals surface area contributed by atoms with Gasteiger partial charge in [0.1, 0.15) is 5.82 Å². The van der Waals surface area contributed by atoms with Crippen LogP contribution < -0.4 is 5.73 Å². The topological polar surface area (TPSA) is 49.6 Å². The van der Waals surface area contributed by atoms with Crippen LogP contribution >= 0.6 is 0 Å². The highest BCUT2D eigenvalue weighted by molar-refractivity contribution is 5.95. The number of likely N-dealkylation sites (N-methyl/N-ethyl adjacent to an activating group) is 1. The van der Waals surface area contributed by atoms with Crippen LogP contribution in [0.3, 0.4) is 0 Å². The van der Waals surface area contributed by atoms with E-state index >= 15 is 0 Å². The summed E-state index contributed by atoms with van der Waals surface area (Å²) in [6.45, 7) is 7.65. The molecule has 0 atom stereocenters. The van der Waals surface area contributed by atoms with Crippen LogP contribution in [0.5, 0.6) is 0 Å². The van der Waals surface area contributed by atoms with Crippen LogP contribution in [-0.4, -0.2) is 48.4 Å². The van der Waals surface area contributed by atoms with Gasteiger partial charge in [-0.1, -0.05) is 6.92 Å². The first kappa shape index (κ1) is 13.8. The Morgan fingerprint density at radius 2 is 1.95 bits per heavy atom. The Morgan fingerprint density at radius 3 is 2.53 bits per heavy atom. The molecule has 1 heterocycles. The second-order valence-corrected chi connectivity index (χ2v) is 4.93. The number of nitrogen functional groups attached to an aromatic ring is 1. The summed E-state index contributed by atoms with van der Waals surface area (Å²) >= 11 is 0. The number of amides is 1. The fourth-order valence-electron chi connectivity index (χ4n) is 2.39. The van der Waals surface area contributed by atoms with Crippen molar-refractivity contribution in [2.45, 2.75) is 13.8 Å². The van der Waals surface area contributed by atoms with E-state index in [-0.39, 0.29) is 11.5 Å². The Balaban J connectivity index is 2.17. The van der Waals surface area contributed by atoms with Gasteiger partial charge >= 0.3 is 0 Å². The molecule has 2 rings (SSSR count). The second-order valence-electron chi connectivity index (χ2n) is 4.93. The molecule has 0 spiro atoms. The van der Waals surface area contributed by atoms with Crippen molar-refractivity contribution in [1.29, 1.82) is 0 Å². The van der Waals surface area contributed by atoms with Crippen LogP contribution in [0.25, 0.3) is 0 Å². The quantitative estimate of drug-likeness (QED) is 0.824. The number of piperazine rings is 1. The molecule has 4 nitrogen and oxygen atoms in total. The third-order valence-electron chi connectivity index (χ3n) is 3.61. The van der Waals surface area contributed by atoms with E-state index in [1.165, 1.54) is 6.07 Å². The van der Waals surface area contributed by atoms with Crippen LogP contribution in [0.15, 0.2) is 12.1 Å². The number of benzene rings is 1. The number of carbonyl (C=O) groups excluding carboxylic acids is 1. The summed E-state index contributed by atoms with van der Waals surface area (Å²) in [6.07, 6.45) is 0. The standard InChI is InChI=1S/C14H20FN3O/c1-3-17-4-6-18(7-5-17)14(19)12-9-11(16)8-10(2)13(12)15/h8-9H,3-7,16H2,1-2H3. The number of halogens is 1. The lowest BCUT2D eigenvalue weighted by Gasteiger charge is -2.34. The summed E-state index contributed by atoms with van der Waals surface area (Å²) in [5.74, 6) is -0.722. The summed E-state index contributed by atoms with van der Waals surface area (Å²) in [4.78, 5) is 16.3. The molecule has 1 aliphatic heterocycles. The van der Waals surface area contributed by atoms with Crippen molar-refractivity contribution in [1.82, 2.24) is 9.80 Å². The summed E-state index contributed by atoms with van der Waals surface area (Å²) in [7, 11) is 0. The minimum Gasteiger partial charge on any atom is -0.399 e. The van der Waals surface area contributed by atoms with E-state index in [2.05, 4.69) is 11.8 Å². The molecule has 1 aromatic carbocycles. The average Bonchev–Trinajstić information content (AvgIpc) is 2.42. The number of aryl methyl sites for hydroxylation is 1. The Bertz CT molecular complexity index is 482. The number of nitrogens with zero attached hydrogens (tertiary/aromatic N) is 2. The van der Waals surface area contributed by atoms with Crippen molar-refractivity contribution < 1.29 is 9.18 Å².